The van der Waals surface area contributed by atoms with Gasteiger partial charge in [0, 0.05) is 6.54 Å². The van der Waals surface area contributed by atoms with Crippen LogP contribution in [0.15, 0.2) is 61.2 Å². The summed E-state index contributed by atoms with van der Waals surface area (Å²) >= 11 is 0. The molecule has 0 fully saturated rings. The van der Waals surface area contributed by atoms with E-state index in [4.69, 9.17) is 0 Å². The lowest BCUT2D eigenvalue weighted by Gasteiger charge is -2.07. The molecule has 0 saturated heterocycles. The van der Waals surface area contributed by atoms with E-state index in [1.54, 1.807) is 0 Å². The zero-order valence-electron chi connectivity index (χ0n) is 13.8. The Balaban J connectivity index is 1.96. The Hall–Kier alpha value is -2.35. The predicted molar refractivity (Wildman–Crippen MR) is 97.2 cm³/mol. The lowest BCUT2D eigenvalue weighted by Crippen LogP contribution is -2.19. The number of carbonyl (C=O) groups excluding carboxylic acids is 1. The van der Waals surface area contributed by atoms with Gasteiger partial charge in [-0.1, -0.05) is 74.9 Å². The first-order valence-electron chi connectivity index (χ1n) is 8.31. The monoisotopic (exact) mass is 307 g/mol. The van der Waals surface area contributed by atoms with Gasteiger partial charge in [-0.3, -0.25) is 4.79 Å². The van der Waals surface area contributed by atoms with Crippen molar-refractivity contribution in [2.45, 2.75) is 39.2 Å². The third kappa shape index (κ3) is 5.41. The van der Waals surface area contributed by atoms with Crippen LogP contribution in [0.3, 0.4) is 0 Å². The molecule has 0 atom stereocenters. The number of benzene rings is 2. The quantitative estimate of drug-likeness (QED) is 0.546. The van der Waals surface area contributed by atoms with Crippen LogP contribution < -0.4 is 5.32 Å². The van der Waals surface area contributed by atoms with Gasteiger partial charge in [0.05, 0.1) is 0 Å². The first-order chi connectivity index (χ1) is 11.2. The molecule has 2 aromatic rings. The van der Waals surface area contributed by atoms with E-state index in [2.05, 4.69) is 55.2 Å². The van der Waals surface area contributed by atoms with Gasteiger partial charge in [0.1, 0.15) is 0 Å². The number of nitrogens with one attached hydrogen (secondary N) is 1. The van der Waals surface area contributed by atoms with E-state index in [1.807, 2.05) is 12.1 Å². The van der Waals surface area contributed by atoms with Crippen molar-refractivity contribution >= 4 is 5.91 Å². The van der Waals surface area contributed by atoms with Crippen LogP contribution >= 0.6 is 0 Å². The molecule has 0 spiro atoms. The van der Waals surface area contributed by atoms with Crippen molar-refractivity contribution in [2.24, 2.45) is 0 Å². The minimum absolute atomic E-state index is 0.146. The van der Waals surface area contributed by atoms with Crippen molar-refractivity contribution in [2.75, 3.05) is 0 Å². The predicted octanol–water partition coefficient (Wildman–Crippen LogP) is 4.89. The van der Waals surface area contributed by atoms with Crippen molar-refractivity contribution in [3.63, 3.8) is 0 Å². The Kier molecular flexibility index (Phi) is 6.61. The van der Waals surface area contributed by atoms with Gasteiger partial charge in [0.15, 0.2) is 0 Å². The van der Waals surface area contributed by atoms with Crippen molar-refractivity contribution in [1.29, 1.82) is 0 Å². The Labute approximate surface area is 139 Å². The summed E-state index contributed by atoms with van der Waals surface area (Å²) in [5, 5.41) is 2.78. The highest BCUT2D eigenvalue weighted by molar-refractivity contribution is 5.86. The molecule has 23 heavy (non-hydrogen) atoms. The third-order valence-electron chi connectivity index (χ3n) is 3.96. The van der Waals surface area contributed by atoms with Crippen molar-refractivity contribution < 1.29 is 4.79 Å². The first-order valence-corrected chi connectivity index (χ1v) is 8.31. The maximum Gasteiger partial charge on any atom is 0.243 e. The molecular weight excluding hydrogens is 282 g/mol. The van der Waals surface area contributed by atoms with Crippen LogP contribution in [0.4, 0.5) is 0 Å². The van der Waals surface area contributed by atoms with Crippen molar-refractivity contribution in [1.82, 2.24) is 5.32 Å². The number of unbranched alkanes of at least 4 members (excludes halogenated alkanes) is 2. The maximum absolute atomic E-state index is 11.2. The Morgan fingerprint density at radius 1 is 0.957 bits per heavy atom. The molecule has 0 unspecified atom stereocenters. The minimum atomic E-state index is -0.146. The van der Waals surface area contributed by atoms with Gasteiger partial charge in [-0.05, 0) is 41.2 Å². The molecule has 0 aliphatic heterocycles. The van der Waals surface area contributed by atoms with E-state index in [0.29, 0.717) is 6.54 Å². The second-order valence-electron chi connectivity index (χ2n) is 5.77. The zero-order valence-corrected chi connectivity index (χ0v) is 13.8. The van der Waals surface area contributed by atoms with E-state index in [9.17, 15) is 4.79 Å². The fourth-order valence-electron chi connectivity index (χ4n) is 2.52. The lowest BCUT2D eigenvalue weighted by molar-refractivity contribution is -0.116. The van der Waals surface area contributed by atoms with Gasteiger partial charge in [0.2, 0.25) is 5.91 Å². The molecule has 0 aromatic heterocycles. The average Bonchev–Trinajstić information content (AvgIpc) is 2.61. The van der Waals surface area contributed by atoms with Crippen LogP contribution in [0.25, 0.3) is 11.1 Å². The molecule has 0 bridgehead atoms. The number of aryl methyl sites for hydroxylation is 1. The normalized spacial score (nSPS) is 10.3. The highest BCUT2D eigenvalue weighted by atomic mass is 16.1. The fraction of sp³-hybridized carbons (Fsp3) is 0.286. The molecule has 0 heterocycles. The second kappa shape index (κ2) is 8.94. The smallest absolute Gasteiger partial charge is 0.243 e. The highest BCUT2D eigenvalue weighted by Gasteiger charge is 2.00. The number of amides is 1. The summed E-state index contributed by atoms with van der Waals surface area (Å²) in [5.74, 6) is -0.146. The SMILES string of the molecule is C=CC(=O)NCc1ccc(-c2ccc(CCCCC)cc2)cc1. The third-order valence-corrected chi connectivity index (χ3v) is 3.96. The molecule has 0 radical (unpaired) electrons. The summed E-state index contributed by atoms with van der Waals surface area (Å²) in [6.07, 6.45) is 6.27. The summed E-state index contributed by atoms with van der Waals surface area (Å²) < 4.78 is 0. The summed E-state index contributed by atoms with van der Waals surface area (Å²) in [6, 6.07) is 17.1. The molecule has 2 rings (SSSR count). The number of hydrogen-bond acceptors (Lipinski definition) is 1. The first kappa shape index (κ1) is 17.0. The molecular formula is C21H25NO. The van der Waals surface area contributed by atoms with Crippen LogP contribution in [-0.4, -0.2) is 5.91 Å². The van der Waals surface area contributed by atoms with Crippen LogP contribution in [0.5, 0.6) is 0 Å². The van der Waals surface area contributed by atoms with E-state index in [1.165, 1.54) is 42.0 Å². The molecule has 0 aliphatic carbocycles. The molecule has 2 nitrogen and oxygen atoms in total. The van der Waals surface area contributed by atoms with Gasteiger partial charge in [-0.15, -0.1) is 0 Å². The standard InChI is InChI=1S/C21H25NO/c1-3-5-6-7-17-8-12-19(13-9-17)20-14-10-18(11-15-20)16-22-21(23)4-2/h4,8-15H,2-3,5-7,16H2,1H3,(H,22,23). The molecule has 2 heteroatoms. The molecule has 0 saturated carbocycles. The Morgan fingerprint density at radius 3 is 2.04 bits per heavy atom. The summed E-state index contributed by atoms with van der Waals surface area (Å²) in [6.45, 7) is 6.21. The molecule has 2 aromatic carbocycles. The number of carbonyl (C=O) groups is 1. The Morgan fingerprint density at radius 2 is 1.52 bits per heavy atom. The van der Waals surface area contributed by atoms with Gasteiger partial charge < -0.3 is 5.32 Å². The second-order valence-corrected chi connectivity index (χ2v) is 5.77. The lowest BCUT2D eigenvalue weighted by atomic mass is 10.0. The maximum atomic E-state index is 11.2. The fourth-order valence-corrected chi connectivity index (χ4v) is 2.52. The summed E-state index contributed by atoms with van der Waals surface area (Å²) in [4.78, 5) is 11.2. The van der Waals surface area contributed by atoms with E-state index < -0.39 is 0 Å². The Bertz CT molecular complexity index is 626. The summed E-state index contributed by atoms with van der Waals surface area (Å²) in [5.41, 5.74) is 4.92. The number of rotatable bonds is 8. The van der Waals surface area contributed by atoms with Crippen LogP contribution in [-0.2, 0) is 17.8 Å². The van der Waals surface area contributed by atoms with E-state index >= 15 is 0 Å². The topological polar surface area (TPSA) is 29.1 Å². The van der Waals surface area contributed by atoms with Crippen molar-refractivity contribution in [3.05, 3.63) is 72.3 Å². The van der Waals surface area contributed by atoms with Gasteiger partial charge in [0.25, 0.3) is 0 Å². The van der Waals surface area contributed by atoms with Gasteiger partial charge in [-0.2, -0.15) is 0 Å². The summed E-state index contributed by atoms with van der Waals surface area (Å²) in [7, 11) is 0. The van der Waals surface area contributed by atoms with Crippen LogP contribution in [0.2, 0.25) is 0 Å². The van der Waals surface area contributed by atoms with Gasteiger partial charge in [-0.25, -0.2) is 0 Å². The molecule has 1 N–H and O–H groups in total. The zero-order chi connectivity index (χ0) is 16.5. The largest absolute Gasteiger partial charge is 0.348 e. The average molecular weight is 307 g/mol. The minimum Gasteiger partial charge on any atom is -0.348 e. The van der Waals surface area contributed by atoms with Crippen LogP contribution in [0, 0.1) is 0 Å². The van der Waals surface area contributed by atoms with Gasteiger partial charge >= 0.3 is 0 Å². The van der Waals surface area contributed by atoms with Crippen LogP contribution in [0.1, 0.15) is 37.3 Å². The van der Waals surface area contributed by atoms with Crippen molar-refractivity contribution in [3.8, 4) is 11.1 Å². The van der Waals surface area contributed by atoms with E-state index in [0.717, 1.165) is 12.0 Å². The highest BCUT2D eigenvalue weighted by Crippen LogP contribution is 2.21. The number of hydrogen-bond donors (Lipinski definition) is 1. The van der Waals surface area contributed by atoms with E-state index in [-0.39, 0.29) is 5.91 Å². The molecule has 1 amide bonds. The molecule has 0 aliphatic rings. The molecule has 120 valence electrons.